The van der Waals surface area contributed by atoms with Gasteiger partial charge in [0.25, 0.3) is 0 Å². The van der Waals surface area contributed by atoms with Crippen molar-refractivity contribution < 1.29 is 27.8 Å². The van der Waals surface area contributed by atoms with E-state index >= 15 is 0 Å². The molecule has 1 aliphatic rings. The number of ether oxygens (including phenoxy) is 1. The lowest BCUT2D eigenvalue weighted by atomic mass is 9.81. The van der Waals surface area contributed by atoms with Gasteiger partial charge >= 0.3 is 12.1 Å². The first-order valence-electron chi connectivity index (χ1n) is 8.15. The zero-order chi connectivity index (χ0) is 18.9. The molecule has 1 unspecified atom stereocenters. The van der Waals surface area contributed by atoms with Gasteiger partial charge in [-0.1, -0.05) is 49.4 Å². The topological polar surface area (TPSA) is 46.5 Å². The third-order valence-corrected chi connectivity index (χ3v) is 4.57. The number of alkyl halides is 3. The van der Waals surface area contributed by atoms with Crippen molar-refractivity contribution in [2.24, 2.45) is 0 Å². The third kappa shape index (κ3) is 2.96. The van der Waals surface area contributed by atoms with Crippen LogP contribution in [0.25, 0.3) is 6.08 Å². The minimum absolute atomic E-state index is 0.0174. The number of rotatable bonds is 4. The fourth-order valence-corrected chi connectivity index (χ4v) is 3.23. The van der Waals surface area contributed by atoms with Crippen molar-refractivity contribution in [1.82, 2.24) is 0 Å². The van der Waals surface area contributed by atoms with Gasteiger partial charge in [-0.15, -0.1) is 0 Å². The minimum Gasteiger partial charge on any atom is -0.478 e. The van der Waals surface area contributed by atoms with E-state index < -0.39 is 29.7 Å². The minimum atomic E-state index is -4.91. The molecule has 2 aromatic rings. The van der Waals surface area contributed by atoms with Gasteiger partial charge in [0.05, 0.1) is 5.57 Å². The predicted molar refractivity (Wildman–Crippen MR) is 91.0 cm³/mol. The molecule has 0 amide bonds. The number of para-hydroxylation sites is 1. The fraction of sp³-hybridized carbons (Fsp3) is 0.250. The van der Waals surface area contributed by atoms with E-state index in [2.05, 4.69) is 0 Å². The highest BCUT2D eigenvalue weighted by Crippen LogP contribution is 2.47. The van der Waals surface area contributed by atoms with Crippen LogP contribution in [0.4, 0.5) is 13.2 Å². The molecular formula is C20H17F3O3. The Hall–Kier alpha value is -2.76. The average Bonchev–Trinajstić information content (AvgIpc) is 2.60. The summed E-state index contributed by atoms with van der Waals surface area (Å²) in [5, 5.41) is 9.52. The second kappa shape index (κ2) is 6.52. The molecule has 1 aliphatic heterocycles. The van der Waals surface area contributed by atoms with E-state index in [0.717, 1.165) is 11.6 Å². The number of halogens is 3. The summed E-state index contributed by atoms with van der Waals surface area (Å²) in [6, 6.07) is 12.8. The van der Waals surface area contributed by atoms with Gasteiger partial charge in [0, 0.05) is 12.0 Å². The summed E-state index contributed by atoms with van der Waals surface area (Å²) in [6.07, 6.45) is -3.92. The molecular weight excluding hydrogens is 345 g/mol. The van der Waals surface area contributed by atoms with Crippen molar-refractivity contribution in [1.29, 1.82) is 0 Å². The normalized spacial score (nSPS) is 19.3. The molecule has 1 N–H and O–H groups in total. The molecule has 3 rings (SSSR count). The summed E-state index contributed by atoms with van der Waals surface area (Å²) in [5.74, 6) is -1.63. The van der Waals surface area contributed by atoms with Gasteiger partial charge in [0.1, 0.15) is 5.75 Å². The first-order chi connectivity index (χ1) is 12.3. The molecule has 26 heavy (non-hydrogen) atoms. The molecule has 0 radical (unpaired) electrons. The fourth-order valence-electron chi connectivity index (χ4n) is 3.23. The highest BCUT2D eigenvalue weighted by atomic mass is 19.4. The maximum atomic E-state index is 14.2. The Kier molecular flexibility index (Phi) is 4.52. The molecule has 0 saturated heterocycles. The molecule has 0 fully saturated rings. The number of carbonyl (C=O) groups is 1. The van der Waals surface area contributed by atoms with Crippen molar-refractivity contribution in [3.63, 3.8) is 0 Å². The molecule has 0 spiro atoms. The van der Waals surface area contributed by atoms with Crippen LogP contribution >= 0.6 is 0 Å². The lowest BCUT2D eigenvalue weighted by Crippen LogP contribution is -2.56. The van der Waals surface area contributed by atoms with Crippen molar-refractivity contribution in [3.8, 4) is 5.75 Å². The van der Waals surface area contributed by atoms with Crippen LogP contribution in [-0.2, 0) is 17.6 Å². The molecule has 2 aromatic carbocycles. The van der Waals surface area contributed by atoms with E-state index in [4.69, 9.17) is 4.74 Å². The highest BCUT2D eigenvalue weighted by Gasteiger charge is 2.63. The van der Waals surface area contributed by atoms with Crippen LogP contribution in [0.5, 0.6) is 5.75 Å². The van der Waals surface area contributed by atoms with Crippen LogP contribution in [0.3, 0.4) is 0 Å². The van der Waals surface area contributed by atoms with Crippen molar-refractivity contribution in [3.05, 3.63) is 70.8 Å². The van der Waals surface area contributed by atoms with E-state index in [-0.39, 0.29) is 5.75 Å². The molecule has 0 saturated carbocycles. The van der Waals surface area contributed by atoms with E-state index in [1.54, 1.807) is 36.4 Å². The maximum absolute atomic E-state index is 14.2. The number of aryl methyl sites for hydroxylation is 1. The van der Waals surface area contributed by atoms with Crippen LogP contribution in [0.1, 0.15) is 23.6 Å². The lowest BCUT2D eigenvalue weighted by molar-refractivity contribution is -0.235. The number of hydrogen-bond acceptors (Lipinski definition) is 2. The summed E-state index contributed by atoms with van der Waals surface area (Å²) in [5.41, 5.74) is -2.30. The lowest BCUT2D eigenvalue weighted by Gasteiger charge is -2.39. The van der Waals surface area contributed by atoms with Gasteiger partial charge in [-0.2, -0.15) is 13.2 Å². The van der Waals surface area contributed by atoms with E-state index in [1.807, 2.05) is 6.92 Å². The molecule has 0 aliphatic carbocycles. The quantitative estimate of drug-likeness (QED) is 0.861. The van der Waals surface area contributed by atoms with Crippen molar-refractivity contribution in [2.75, 3.05) is 0 Å². The van der Waals surface area contributed by atoms with Crippen molar-refractivity contribution in [2.45, 2.75) is 31.5 Å². The maximum Gasteiger partial charge on any atom is 0.433 e. The Morgan fingerprint density at radius 2 is 1.69 bits per heavy atom. The van der Waals surface area contributed by atoms with Crippen molar-refractivity contribution >= 4 is 12.0 Å². The Labute approximate surface area is 148 Å². The molecule has 3 nitrogen and oxygen atoms in total. The van der Waals surface area contributed by atoms with Gasteiger partial charge in [-0.25, -0.2) is 4.79 Å². The second-order valence-electron chi connectivity index (χ2n) is 6.13. The number of fused-ring (bicyclic) bond motifs is 1. The molecule has 136 valence electrons. The molecule has 1 atom stereocenters. The van der Waals surface area contributed by atoms with Crippen LogP contribution in [0.15, 0.2) is 54.1 Å². The van der Waals surface area contributed by atoms with Crippen LogP contribution in [0.2, 0.25) is 0 Å². The number of carboxylic acids is 1. The Morgan fingerprint density at radius 1 is 1.08 bits per heavy atom. The van der Waals surface area contributed by atoms with E-state index in [9.17, 15) is 23.1 Å². The van der Waals surface area contributed by atoms with Gasteiger partial charge in [-0.3, -0.25) is 0 Å². The molecule has 6 heteroatoms. The monoisotopic (exact) mass is 362 g/mol. The first-order valence-corrected chi connectivity index (χ1v) is 8.15. The van der Waals surface area contributed by atoms with Crippen LogP contribution in [0, 0.1) is 0 Å². The summed E-state index contributed by atoms with van der Waals surface area (Å²) in [7, 11) is 0. The Bertz CT molecular complexity index is 871. The van der Waals surface area contributed by atoms with Gasteiger partial charge < -0.3 is 9.84 Å². The largest absolute Gasteiger partial charge is 0.478 e. The van der Waals surface area contributed by atoms with Gasteiger partial charge in [0.15, 0.2) is 0 Å². The Morgan fingerprint density at radius 3 is 2.31 bits per heavy atom. The van der Waals surface area contributed by atoms with E-state index in [0.29, 0.717) is 17.5 Å². The van der Waals surface area contributed by atoms with E-state index in [1.165, 1.54) is 12.1 Å². The summed E-state index contributed by atoms with van der Waals surface area (Å²) in [4.78, 5) is 11.7. The third-order valence-electron chi connectivity index (χ3n) is 4.57. The highest BCUT2D eigenvalue weighted by molar-refractivity contribution is 5.96. The van der Waals surface area contributed by atoms with Gasteiger partial charge in [-0.05, 0) is 29.7 Å². The Balaban J connectivity index is 2.21. The second-order valence-corrected chi connectivity index (χ2v) is 6.13. The van der Waals surface area contributed by atoms with Gasteiger partial charge in [0.2, 0.25) is 5.60 Å². The molecule has 0 bridgehead atoms. The number of carboxylic acid groups (broad SMARTS) is 1. The predicted octanol–water partition coefficient (Wildman–Crippen LogP) is 4.65. The first kappa shape index (κ1) is 18.0. The summed E-state index contributed by atoms with van der Waals surface area (Å²) >= 11 is 0. The number of aliphatic carboxylic acids is 1. The number of benzene rings is 2. The van der Waals surface area contributed by atoms with Crippen LogP contribution < -0.4 is 4.74 Å². The average molecular weight is 362 g/mol. The SMILES string of the molecule is CCc1ccccc1CC1(C(F)(F)F)Oc2ccccc2C=C1C(=O)O. The zero-order valence-corrected chi connectivity index (χ0v) is 14.0. The summed E-state index contributed by atoms with van der Waals surface area (Å²) in [6.45, 7) is 1.84. The summed E-state index contributed by atoms with van der Waals surface area (Å²) < 4.78 is 48.0. The smallest absolute Gasteiger partial charge is 0.433 e. The zero-order valence-electron chi connectivity index (χ0n) is 14.0. The van der Waals surface area contributed by atoms with Crippen LogP contribution in [-0.4, -0.2) is 22.9 Å². The molecule has 0 aromatic heterocycles. The number of hydrogen-bond donors (Lipinski definition) is 1. The standard InChI is InChI=1S/C20H17F3O3/c1-2-13-7-3-4-9-15(13)12-19(20(21,22)23)16(18(24)25)11-14-8-5-6-10-17(14)26-19/h3-11H,2,12H2,1H3,(H,24,25). The molecule has 1 heterocycles.